The number of ether oxygens (including phenoxy) is 3. The first-order valence-corrected chi connectivity index (χ1v) is 23.1. The summed E-state index contributed by atoms with van der Waals surface area (Å²) in [5.41, 5.74) is 0. The van der Waals surface area contributed by atoms with Crippen molar-refractivity contribution in [3.8, 4) is 0 Å². The Kier molecular flexibility index (Phi) is 43.2. The SMILES string of the molecule is CC\C=C/C=C\C=C/C=C\C=C/CCCC(=O)OC(COC(=O)CC/C=C\C/C=C\CCCCCCCC)COC(=O)CCCCCCCCC\C=C/C=C\C=C/CC. The van der Waals surface area contributed by atoms with Gasteiger partial charge in [0, 0.05) is 19.3 Å². The van der Waals surface area contributed by atoms with E-state index in [9.17, 15) is 14.4 Å². The Morgan fingerprint density at radius 2 is 0.780 bits per heavy atom. The van der Waals surface area contributed by atoms with E-state index in [1.807, 2.05) is 60.8 Å². The molecule has 0 aliphatic heterocycles. The summed E-state index contributed by atoms with van der Waals surface area (Å²) in [6, 6.07) is 0. The maximum Gasteiger partial charge on any atom is 0.306 e. The van der Waals surface area contributed by atoms with Gasteiger partial charge in [-0.2, -0.15) is 0 Å². The van der Waals surface area contributed by atoms with Gasteiger partial charge in [-0.05, 0) is 70.6 Å². The average Bonchev–Trinajstić information content (AvgIpc) is 3.23. The van der Waals surface area contributed by atoms with E-state index in [1.54, 1.807) is 0 Å². The predicted octanol–water partition coefficient (Wildman–Crippen LogP) is 15.0. The Hall–Kier alpha value is -4.19. The van der Waals surface area contributed by atoms with E-state index in [2.05, 4.69) is 81.5 Å². The number of carbonyl (C=O) groups is 3. The highest BCUT2D eigenvalue weighted by atomic mass is 16.6. The van der Waals surface area contributed by atoms with Crippen LogP contribution in [0.2, 0.25) is 0 Å². The second-order valence-corrected chi connectivity index (χ2v) is 14.7. The van der Waals surface area contributed by atoms with Gasteiger partial charge in [-0.1, -0.05) is 206 Å². The highest BCUT2D eigenvalue weighted by Crippen LogP contribution is 2.12. The monoisotopic (exact) mass is 815 g/mol. The van der Waals surface area contributed by atoms with Crippen LogP contribution < -0.4 is 0 Å². The minimum Gasteiger partial charge on any atom is -0.462 e. The molecule has 0 aromatic heterocycles. The first-order valence-electron chi connectivity index (χ1n) is 23.1. The van der Waals surface area contributed by atoms with Crippen molar-refractivity contribution in [2.75, 3.05) is 13.2 Å². The quantitative estimate of drug-likeness (QED) is 0.0202. The Bertz CT molecular complexity index is 1300. The Balaban J connectivity index is 4.60. The molecule has 0 amide bonds. The summed E-state index contributed by atoms with van der Waals surface area (Å²) in [6.45, 7) is 6.19. The summed E-state index contributed by atoms with van der Waals surface area (Å²) in [5, 5.41) is 0. The fourth-order valence-electron chi connectivity index (χ4n) is 5.70. The maximum absolute atomic E-state index is 12.7. The first-order chi connectivity index (χ1) is 29.0. The second kappa shape index (κ2) is 46.5. The zero-order valence-electron chi connectivity index (χ0n) is 37.5. The van der Waals surface area contributed by atoms with E-state index in [-0.39, 0.29) is 38.0 Å². The van der Waals surface area contributed by atoms with Crippen LogP contribution >= 0.6 is 0 Å². The van der Waals surface area contributed by atoms with Crippen LogP contribution in [0.25, 0.3) is 0 Å². The predicted molar refractivity (Wildman–Crippen MR) is 251 cm³/mol. The Morgan fingerprint density at radius 1 is 0.373 bits per heavy atom. The van der Waals surface area contributed by atoms with Crippen molar-refractivity contribution < 1.29 is 28.6 Å². The van der Waals surface area contributed by atoms with Crippen LogP contribution in [0.5, 0.6) is 0 Å². The third-order valence-corrected chi connectivity index (χ3v) is 9.13. The maximum atomic E-state index is 12.7. The van der Waals surface area contributed by atoms with Crippen molar-refractivity contribution in [3.05, 3.63) is 122 Å². The van der Waals surface area contributed by atoms with Crippen molar-refractivity contribution >= 4 is 17.9 Å². The molecule has 6 heteroatoms. The smallest absolute Gasteiger partial charge is 0.306 e. The topological polar surface area (TPSA) is 78.9 Å². The molecule has 0 rings (SSSR count). The molecule has 0 aliphatic carbocycles. The van der Waals surface area contributed by atoms with Gasteiger partial charge in [-0.3, -0.25) is 14.4 Å². The van der Waals surface area contributed by atoms with E-state index in [0.29, 0.717) is 25.7 Å². The molecular formula is C53H82O6. The van der Waals surface area contributed by atoms with E-state index in [1.165, 1.54) is 57.8 Å². The van der Waals surface area contributed by atoms with Crippen molar-refractivity contribution in [2.24, 2.45) is 0 Å². The average molecular weight is 815 g/mol. The largest absolute Gasteiger partial charge is 0.462 e. The number of carbonyl (C=O) groups excluding carboxylic acids is 3. The second-order valence-electron chi connectivity index (χ2n) is 14.7. The number of esters is 3. The lowest BCUT2D eigenvalue weighted by Gasteiger charge is -2.18. The van der Waals surface area contributed by atoms with Gasteiger partial charge in [0.25, 0.3) is 0 Å². The minimum atomic E-state index is -0.844. The van der Waals surface area contributed by atoms with Crippen LogP contribution in [-0.2, 0) is 28.6 Å². The molecule has 0 aromatic carbocycles. The molecule has 0 saturated heterocycles. The summed E-state index contributed by atoms with van der Waals surface area (Å²) in [6.07, 6.45) is 63.4. The molecule has 59 heavy (non-hydrogen) atoms. The van der Waals surface area contributed by atoms with Gasteiger partial charge in [0.2, 0.25) is 0 Å². The fraction of sp³-hybridized carbons (Fsp3) is 0.566. The van der Waals surface area contributed by atoms with E-state index < -0.39 is 12.1 Å². The molecule has 0 spiro atoms. The summed E-state index contributed by atoms with van der Waals surface area (Å²) >= 11 is 0. The number of allylic oxidation sites excluding steroid dienone is 20. The lowest BCUT2D eigenvalue weighted by atomic mass is 10.1. The molecule has 0 bridgehead atoms. The van der Waals surface area contributed by atoms with Crippen LogP contribution in [-0.4, -0.2) is 37.2 Å². The molecule has 0 heterocycles. The molecular weight excluding hydrogens is 733 g/mol. The van der Waals surface area contributed by atoms with Crippen molar-refractivity contribution in [2.45, 2.75) is 181 Å². The summed E-state index contributed by atoms with van der Waals surface area (Å²) in [7, 11) is 0. The van der Waals surface area contributed by atoms with Gasteiger partial charge < -0.3 is 14.2 Å². The summed E-state index contributed by atoms with van der Waals surface area (Å²) in [4.78, 5) is 37.7. The van der Waals surface area contributed by atoms with Crippen molar-refractivity contribution in [1.82, 2.24) is 0 Å². The van der Waals surface area contributed by atoms with Gasteiger partial charge in [-0.25, -0.2) is 0 Å². The van der Waals surface area contributed by atoms with Crippen LogP contribution in [0.4, 0.5) is 0 Å². The third-order valence-electron chi connectivity index (χ3n) is 9.13. The number of unbranched alkanes of at least 4 members (excludes halogenated alkanes) is 14. The van der Waals surface area contributed by atoms with Crippen LogP contribution in [0.1, 0.15) is 175 Å². The normalized spacial score (nSPS) is 13.2. The van der Waals surface area contributed by atoms with Crippen molar-refractivity contribution in [3.63, 3.8) is 0 Å². The molecule has 0 saturated carbocycles. The zero-order chi connectivity index (χ0) is 43.0. The lowest BCUT2D eigenvalue weighted by Crippen LogP contribution is -2.30. The molecule has 1 atom stereocenters. The van der Waals surface area contributed by atoms with Crippen LogP contribution in [0, 0.1) is 0 Å². The minimum absolute atomic E-state index is 0.134. The Morgan fingerprint density at radius 3 is 1.32 bits per heavy atom. The third kappa shape index (κ3) is 44.8. The van der Waals surface area contributed by atoms with Gasteiger partial charge >= 0.3 is 17.9 Å². The molecule has 0 N–H and O–H groups in total. The highest BCUT2D eigenvalue weighted by Gasteiger charge is 2.19. The Labute approximate surface area is 361 Å². The molecule has 1 unspecified atom stereocenters. The van der Waals surface area contributed by atoms with Gasteiger partial charge in [-0.15, -0.1) is 0 Å². The summed E-state index contributed by atoms with van der Waals surface area (Å²) in [5.74, 6) is -1.10. The van der Waals surface area contributed by atoms with Crippen molar-refractivity contribution in [1.29, 1.82) is 0 Å². The zero-order valence-corrected chi connectivity index (χ0v) is 37.5. The fourth-order valence-corrected chi connectivity index (χ4v) is 5.70. The molecule has 0 aliphatic rings. The van der Waals surface area contributed by atoms with Crippen LogP contribution in [0.3, 0.4) is 0 Å². The molecule has 6 nitrogen and oxygen atoms in total. The highest BCUT2D eigenvalue weighted by molar-refractivity contribution is 5.71. The standard InChI is InChI=1S/C53H82O6/c1-4-7-10-13-16-19-22-25-26-29-31-34-37-40-43-46-52(55)58-49-50(59-53(56)47-44-41-38-35-32-28-24-21-18-15-12-9-6-3)48-57-51(54)45-42-39-36-33-30-27-23-20-17-14-11-8-5-2/h7,9-10,12-13,15-16,18-19,21-22,24,27-28,30,32,35-36,38-39,50H,4-6,8,11,14,17,20,23,25-26,29,31,33-34,37,40-49H2,1-3H3/b10-7-,12-9-,16-13-,18-15-,22-19-,24-21-,30-27-,32-28-,38-35-,39-36-. The van der Waals surface area contributed by atoms with E-state index in [0.717, 1.165) is 57.8 Å². The molecule has 0 radical (unpaired) electrons. The van der Waals surface area contributed by atoms with Crippen LogP contribution in [0.15, 0.2) is 122 Å². The van der Waals surface area contributed by atoms with Gasteiger partial charge in [0.15, 0.2) is 6.10 Å². The van der Waals surface area contributed by atoms with E-state index in [4.69, 9.17) is 14.2 Å². The number of hydrogen-bond acceptors (Lipinski definition) is 6. The van der Waals surface area contributed by atoms with Gasteiger partial charge in [0.05, 0.1) is 0 Å². The molecule has 0 aromatic rings. The first kappa shape index (κ1) is 54.8. The summed E-state index contributed by atoms with van der Waals surface area (Å²) < 4.78 is 16.6. The number of hydrogen-bond donors (Lipinski definition) is 0. The van der Waals surface area contributed by atoms with Gasteiger partial charge in [0.1, 0.15) is 13.2 Å². The molecule has 0 fully saturated rings. The molecule has 330 valence electrons. The van der Waals surface area contributed by atoms with E-state index >= 15 is 0 Å². The number of rotatable bonds is 39. The lowest BCUT2D eigenvalue weighted by molar-refractivity contribution is -0.166.